The minimum absolute atomic E-state index is 0.160. The van der Waals surface area contributed by atoms with Crippen LogP contribution in [-0.2, 0) is 9.47 Å². The zero-order valence-corrected chi connectivity index (χ0v) is 15.4. The van der Waals surface area contributed by atoms with Gasteiger partial charge in [-0.05, 0) is 39.5 Å². The average Bonchev–Trinajstić information content (AvgIpc) is 2.52. The number of hydrogen-bond acceptors (Lipinski definition) is 4. The third-order valence-electron chi connectivity index (χ3n) is 6.42. The molecule has 130 valence electrons. The van der Waals surface area contributed by atoms with Crippen LogP contribution in [0.1, 0.15) is 80.1 Å². The molecule has 0 aromatic heterocycles. The van der Waals surface area contributed by atoms with Gasteiger partial charge in [0.05, 0.1) is 18.8 Å². The van der Waals surface area contributed by atoms with Crippen molar-refractivity contribution in [3.63, 3.8) is 0 Å². The molecular weight excluding hydrogens is 278 g/mol. The summed E-state index contributed by atoms with van der Waals surface area (Å²) < 4.78 is 12.8. The number of rotatable bonds is 4. The summed E-state index contributed by atoms with van der Waals surface area (Å²) in [5, 5.41) is 12.4. The molecule has 0 unspecified atom stereocenters. The van der Waals surface area contributed by atoms with Crippen LogP contribution in [0.4, 0.5) is 0 Å². The maximum absolute atomic E-state index is 10.8. The molecule has 0 radical (unpaired) electrons. The minimum atomic E-state index is -0.539. The van der Waals surface area contributed by atoms with E-state index >= 15 is 0 Å². The average molecular weight is 313 g/mol. The molecular formula is C18H35NO3. The molecule has 0 bridgehead atoms. The van der Waals surface area contributed by atoms with Crippen LogP contribution in [0.2, 0.25) is 0 Å². The van der Waals surface area contributed by atoms with Gasteiger partial charge in [-0.25, -0.2) is 0 Å². The van der Waals surface area contributed by atoms with Crippen molar-refractivity contribution in [2.45, 2.75) is 96.9 Å². The first-order chi connectivity index (χ1) is 10.2. The van der Waals surface area contributed by atoms with E-state index in [1.807, 2.05) is 0 Å². The molecule has 4 nitrogen and oxygen atoms in total. The lowest BCUT2D eigenvalue weighted by Crippen LogP contribution is -2.68. The molecule has 0 atom stereocenters. The van der Waals surface area contributed by atoms with E-state index in [2.05, 4.69) is 41.5 Å². The highest BCUT2D eigenvalue weighted by molar-refractivity contribution is 5.05. The van der Waals surface area contributed by atoms with Gasteiger partial charge in [-0.15, -0.1) is 0 Å². The molecule has 2 heterocycles. The summed E-state index contributed by atoms with van der Waals surface area (Å²) in [7, 11) is 0. The molecule has 2 aliphatic rings. The van der Waals surface area contributed by atoms with Crippen molar-refractivity contribution < 1.29 is 14.7 Å². The summed E-state index contributed by atoms with van der Waals surface area (Å²) in [4.78, 5) is 0. The van der Waals surface area contributed by atoms with Gasteiger partial charge in [-0.2, -0.15) is 5.06 Å². The van der Waals surface area contributed by atoms with Gasteiger partial charge < -0.3 is 14.7 Å². The predicted molar refractivity (Wildman–Crippen MR) is 87.9 cm³/mol. The number of nitrogens with zero attached hydrogens (tertiary/aromatic N) is 1. The molecule has 2 rings (SSSR count). The van der Waals surface area contributed by atoms with Crippen molar-refractivity contribution >= 4 is 0 Å². The highest BCUT2D eigenvalue weighted by Crippen LogP contribution is 2.50. The predicted octanol–water partition coefficient (Wildman–Crippen LogP) is 4.36. The van der Waals surface area contributed by atoms with Gasteiger partial charge in [0, 0.05) is 23.8 Å². The van der Waals surface area contributed by atoms with Crippen LogP contribution in [0, 0.1) is 5.41 Å². The fourth-order valence-electron chi connectivity index (χ4n) is 4.33. The highest BCUT2D eigenvalue weighted by Gasteiger charge is 2.58. The molecule has 1 spiro atoms. The minimum Gasteiger partial charge on any atom is -0.349 e. The lowest BCUT2D eigenvalue weighted by Gasteiger charge is -2.60. The summed E-state index contributed by atoms with van der Waals surface area (Å²) >= 11 is 0. The number of piperidine rings is 1. The Labute approximate surface area is 136 Å². The van der Waals surface area contributed by atoms with Crippen molar-refractivity contribution in [3.8, 4) is 0 Å². The molecule has 2 aliphatic heterocycles. The quantitative estimate of drug-likeness (QED) is 0.837. The Morgan fingerprint density at radius 2 is 1.36 bits per heavy atom. The zero-order chi connectivity index (χ0) is 16.6. The van der Waals surface area contributed by atoms with Crippen LogP contribution in [-0.4, -0.2) is 40.3 Å². The standard InChI is InChI=1S/C18H35NO3/c1-7-16(8-2)13-21-18(22-14-16)11-15(5,6)19(20)17(9-3,10-4)12-18/h20H,7-14H2,1-6H3. The SMILES string of the molecule is CCC1(CC)COC2(CC(C)(C)N(O)C(CC)(CC)C2)OC1. The second-order valence-electron chi connectivity index (χ2n) is 8.10. The van der Waals surface area contributed by atoms with E-state index in [-0.39, 0.29) is 16.5 Å². The molecule has 1 N–H and O–H groups in total. The lowest BCUT2D eigenvalue weighted by molar-refractivity contribution is -0.378. The molecule has 0 aliphatic carbocycles. The van der Waals surface area contributed by atoms with E-state index in [1.54, 1.807) is 5.06 Å². The van der Waals surface area contributed by atoms with Crippen LogP contribution < -0.4 is 0 Å². The van der Waals surface area contributed by atoms with E-state index in [0.29, 0.717) is 6.42 Å². The summed E-state index contributed by atoms with van der Waals surface area (Å²) in [6.07, 6.45) is 5.41. The first-order valence-electron chi connectivity index (χ1n) is 9.00. The maximum Gasteiger partial charge on any atom is 0.172 e. The maximum atomic E-state index is 10.8. The van der Waals surface area contributed by atoms with Gasteiger partial charge in [0.15, 0.2) is 5.79 Å². The second kappa shape index (κ2) is 6.04. The zero-order valence-electron chi connectivity index (χ0n) is 15.4. The molecule has 4 heteroatoms. The van der Waals surface area contributed by atoms with Gasteiger partial charge in [-0.3, -0.25) is 0 Å². The Morgan fingerprint density at radius 1 is 0.864 bits per heavy atom. The molecule has 0 aromatic rings. The Hall–Kier alpha value is -0.160. The first-order valence-corrected chi connectivity index (χ1v) is 9.00. The topological polar surface area (TPSA) is 41.9 Å². The van der Waals surface area contributed by atoms with Gasteiger partial charge in [0.1, 0.15) is 0 Å². The van der Waals surface area contributed by atoms with Gasteiger partial charge in [0.25, 0.3) is 0 Å². The van der Waals surface area contributed by atoms with E-state index < -0.39 is 5.79 Å². The van der Waals surface area contributed by atoms with Gasteiger partial charge >= 0.3 is 0 Å². The Balaban J connectivity index is 2.26. The summed E-state index contributed by atoms with van der Waals surface area (Å²) in [5.74, 6) is -0.539. The molecule has 22 heavy (non-hydrogen) atoms. The Morgan fingerprint density at radius 3 is 1.77 bits per heavy atom. The smallest absolute Gasteiger partial charge is 0.172 e. The number of hydroxylamine groups is 2. The van der Waals surface area contributed by atoms with Crippen LogP contribution in [0.3, 0.4) is 0 Å². The highest BCUT2D eigenvalue weighted by atomic mass is 16.7. The van der Waals surface area contributed by atoms with Crippen molar-refractivity contribution in [1.82, 2.24) is 5.06 Å². The number of hydrogen-bond donors (Lipinski definition) is 1. The fraction of sp³-hybridized carbons (Fsp3) is 1.00. The summed E-state index contributed by atoms with van der Waals surface area (Å²) in [6.45, 7) is 14.4. The van der Waals surface area contributed by atoms with Crippen molar-refractivity contribution in [2.75, 3.05) is 13.2 Å². The summed E-state index contributed by atoms with van der Waals surface area (Å²) in [6, 6.07) is 0. The number of ether oxygens (including phenoxy) is 2. The summed E-state index contributed by atoms with van der Waals surface area (Å²) in [5.41, 5.74) is -0.449. The van der Waals surface area contributed by atoms with Crippen molar-refractivity contribution in [3.05, 3.63) is 0 Å². The Kier molecular flexibility index (Phi) is 5.00. The van der Waals surface area contributed by atoms with E-state index in [1.165, 1.54) is 0 Å². The van der Waals surface area contributed by atoms with Crippen molar-refractivity contribution in [2.24, 2.45) is 5.41 Å². The third-order valence-corrected chi connectivity index (χ3v) is 6.42. The Bertz CT molecular complexity index is 376. The normalized spacial score (nSPS) is 29.6. The molecule has 2 fully saturated rings. The molecule has 0 saturated carbocycles. The molecule has 2 saturated heterocycles. The van der Waals surface area contributed by atoms with E-state index in [4.69, 9.17) is 9.47 Å². The fourth-order valence-corrected chi connectivity index (χ4v) is 4.33. The van der Waals surface area contributed by atoms with Gasteiger partial charge in [0.2, 0.25) is 0 Å². The second-order valence-corrected chi connectivity index (χ2v) is 8.10. The van der Waals surface area contributed by atoms with Crippen molar-refractivity contribution in [1.29, 1.82) is 0 Å². The van der Waals surface area contributed by atoms with Crippen LogP contribution in [0.15, 0.2) is 0 Å². The van der Waals surface area contributed by atoms with Crippen LogP contribution in [0.25, 0.3) is 0 Å². The first kappa shape index (κ1) is 18.2. The molecule has 0 amide bonds. The van der Waals surface area contributed by atoms with E-state index in [9.17, 15) is 5.21 Å². The van der Waals surface area contributed by atoms with Gasteiger partial charge in [-0.1, -0.05) is 27.7 Å². The lowest BCUT2D eigenvalue weighted by atomic mass is 9.72. The van der Waals surface area contributed by atoms with Crippen LogP contribution >= 0.6 is 0 Å². The molecule has 0 aromatic carbocycles. The van der Waals surface area contributed by atoms with Crippen LogP contribution in [0.5, 0.6) is 0 Å². The largest absolute Gasteiger partial charge is 0.349 e. The van der Waals surface area contributed by atoms with E-state index in [0.717, 1.165) is 45.3 Å². The third kappa shape index (κ3) is 2.83. The monoisotopic (exact) mass is 313 g/mol.